The van der Waals surface area contributed by atoms with Crippen LogP contribution in [0.2, 0.25) is 0 Å². The minimum atomic E-state index is -0.309. The van der Waals surface area contributed by atoms with Crippen LogP contribution in [-0.4, -0.2) is 21.9 Å². The van der Waals surface area contributed by atoms with Crippen molar-refractivity contribution in [3.05, 3.63) is 112 Å². The number of anilines is 1. The van der Waals surface area contributed by atoms with Gasteiger partial charge in [-0.15, -0.1) is 0 Å². The molecule has 4 rings (SSSR count). The number of rotatable bonds is 6. The molecule has 0 saturated carbocycles. The molecule has 0 radical (unpaired) electrons. The molecular weight excluding hydrogens is 450 g/mol. The lowest BCUT2D eigenvalue weighted by Gasteiger charge is -2.12. The van der Waals surface area contributed by atoms with Crippen molar-refractivity contribution in [1.82, 2.24) is 0 Å². The number of carbonyl (C=O) groups excluding carboxylic acids is 2. The van der Waals surface area contributed by atoms with Gasteiger partial charge in [-0.3, -0.25) is 9.59 Å². The topological polar surface area (TPSA) is 86.6 Å². The maximum absolute atomic E-state index is 12.7. The number of ketones is 1. The standard InChI is InChI=1S/C31H29NO4/c1-18-5-7-24(13-20(18)3)29(34)17-25-10-9-22(15-28(25)33)23-11-12-27(30(35)16-23)32-31(36)26-8-6-19(2)21(4)14-26/h5-16,33,35H,17H2,1-4H3,(H,32,36). The van der Waals surface area contributed by atoms with Crippen LogP contribution in [0, 0.1) is 27.7 Å². The van der Waals surface area contributed by atoms with Gasteiger partial charge in [0.25, 0.3) is 5.91 Å². The Bertz CT molecular complexity index is 1370. The Balaban J connectivity index is 1.49. The summed E-state index contributed by atoms with van der Waals surface area (Å²) >= 11 is 0. The quantitative estimate of drug-likeness (QED) is 0.213. The summed E-state index contributed by atoms with van der Waals surface area (Å²) in [5, 5.41) is 23.9. The zero-order chi connectivity index (χ0) is 26.0. The third kappa shape index (κ3) is 5.31. The summed E-state index contributed by atoms with van der Waals surface area (Å²) in [4.78, 5) is 25.3. The molecule has 36 heavy (non-hydrogen) atoms. The molecule has 0 saturated heterocycles. The van der Waals surface area contributed by atoms with Crippen LogP contribution < -0.4 is 5.32 Å². The Kier molecular flexibility index (Phi) is 6.93. The van der Waals surface area contributed by atoms with E-state index in [-0.39, 0.29) is 29.6 Å². The first-order valence-corrected chi connectivity index (χ1v) is 11.8. The highest BCUT2D eigenvalue weighted by atomic mass is 16.3. The third-order valence-corrected chi connectivity index (χ3v) is 6.61. The van der Waals surface area contributed by atoms with Gasteiger partial charge in [-0.05, 0) is 97.5 Å². The number of Topliss-reactive ketones (excluding diaryl/α,β-unsaturated/α-hetero) is 1. The van der Waals surface area contributed by atoms with Gasteiger partial charge in [0.15, 0.2) is 5.78 Å². The van der Waals surface area contributed by atoms with Gasteiger partial charge in [0.05, 0.1) is 5.69 Å². The molecule has 0 bridgehead atoms. The van der Waals surface area contributed by atoms with Crippen molar-refractivity contribution >= 4 is 17.4 Å². The second-order valence-corrected chi connectivity index (χ2v) is 9.23. The Morgan fingerprint density at radius 3 is 1.78 bits per heavy atom. The van der Waals surface area contributed by atoms with Crippen molar-refractivity contribution in [3.8, 4) is 22.6 Å². The largest absolute Gasteiger partial charge is 0.508 e. The van der Waals surface area contributed by atoms with Gasteiger partial charge in [0.1, 0.15) is 11.5 Å². The lowest BCUT2D eigenvalue weighted by atomic mass is 9.97. The third-order valence-electron chi connectivity index (χ3n) is 6.61. The number of hydrogen-bond acceptors (Lipinski definition) is 4. The Hall–Kier alpha value is -4.38. The lowest BCUT2D eigenvalue weighted by Crippen LogP contribution is -2.12. The minimum Gasteiger partial charge on any atom is -0.508 e. The fourth-order valence-electron chi connectivity index (χ4n) is 3.98. The molecule has 182 valence electrons. The van der Waals surface area contributed by atoms with Crippen molar-refractivity contribution in [2.24, 2.45) is 0 Å². The van der Waals surface area contributed by atoms with Crippen LogP contribution in [0.4, 0.5) is 5.69 Å². The van der Waals surface area contributed by atoms with E-state index in [9.17, 15) is 19.8 Å². The second kappa shape index (κ2) is 10.1. The zero-order valence-electron chi connectivity index (χ0n) is 20.8. The normalized spacial score (nSPS) is 10.8. The molecule has 1 amide bonds. The Labute approximate surface area is 211 Å². The maximum Gasteiger partial charge on any atom is 0.255 e. The number of hydrogen-bond donors (Lipinski definition) is 3. The molecule has 0 fully saturated rings. The fourth-order valence-corrected chi connectivity index (χ4v) is 3.98. The average Bonchev–Trinajstić information content (AvgIpc) is 2.84. The van der Waals surface area contributed by atoms with E-state index in [1.807, 2.05) is 52.0 Å². The van der Waals surface area contributed by atoms with Crippen molar-refractivity contribution in [3.63, 3.8) is 0 Å². The second-order valence-electron chi connectivity index (χ2n) is 9.23. The SMILES string of the molecule is Cc1ccc(C(=O)Cc2ccc(-c3ccc(NC(=O)c4ccc(C)c(C)c4)c(O)c3)cc2O)cc1C. The van der Waals surface area contributed by atoms with Crippen molar-refractivity contribution < 1.29 is 19.8 Å². The molecular formula is C31H29NO4. The minimum absolute atomic E-state index is 0.0105. The van der Waals surface area contributed by atoms with E-state index in [0.29, 0.717) is 33.5 Å². The molecule has 4 aromatic rings. The van der Waals surface area contributed by atoms with Gasteiger partial charge in [-0.25, -0.2) is 0 Å². The number of phenols is 2. The number of phenolic OH excluding ortho intramolecular Hbond substituents is 2. The van der Waals surface area contributed by atoms with Crippen LogP contribution in [0.25, 0.3) is 11.1 Å². The molecule has 3 N–H and O–H groups in total. The number of carbonyl (C=O) groups is 2. The summed E-state index contributed by atoms with van der Waals surface area (Å²) in [6.07, 6.45) is 0.0866. The number of aromatic hydroxyl groups is 2. The van der Waals surface area contributed by atoms with Gasteiger partial charge < -0.3 is 15.5 Å². The first-order valence-electron chi connectivity index (χ1n) is 11.8. The van der Waals surface area contributed by atoms with Crippen LogP contribution >= 0.6 is 0 Å². The summed E-state index contributed by atoms with van der Waals surface area (Å²) in [6, 6.07) is 21.0. The molecule has 0 unspecified atom stereocenters. The first kappa shape index (κ1) is 24.7. The molecule has 0 aliphatic heterocycles. The van der Waals surface area contributed by atoms with Gasteiger partial charge in [-0.1, -0.05) is 36.4 Å². The number of amides is 1. The van der Waals surface area contributed by atoms with Crippen LogP contribution in [0.3, 0.4) is 0 Å². The zero-order valence-corrected chi connectivity index (χ0v) is 20.8. The van der Waals surface area contributed by atoms with Crippen molar-refractivity contribution in [2.45, 2.75) is 34.1 Å². The van der Waals surface area contributed by atoms with Crippen LogP contribution in [0.1, 0.15) is 48.5 Å². The summed E-state index contributed by atoms with van der Waals surface area (Å²) < 4.78 is 0. The highest BCUT2D eigenvalue weighted by Crippen LogP contribution is 2.33. The molecule has 0 aliphatic rings. The van der Waals surface area contributed by atoms with E-state index in [2.05, 4.69) is 5.32 Å². The highest BCUT2D eigenvalue weighted by Gasteiger charge is 2.14. The van der Waals surface area contributed by atoms with E-state index in [1.54, 1.807) is 42.5 Å². The maximum atomic E-state index is 12.7. The van der Waals surface area contributed by atoms with Crippen molar-refractivity contribution in [2.75, 3.05) is 5.32 Å². The molecule has 0 aliphatic carbocycles. The summed E-state index contributed by atoms with van der Waals surface area (Å²) in [5.74, 6) is -0.450. The predicted molar refractivity (Wildman–Crippen MR) is 143 cm³/mol. The lowest BCUT2D eigenvalue weighted by molar-refractivity contribution is 0.0990. The molecule has 4 aromatic carbocycles. The van der Waals surface area contributed by atoms with E-state index in [0.717, 1.165) is 22.3 Å². The monoisotopic (exact) mass is 479 g/mol. The van der Waals surface area contributed by atoms with Crippen LogP contribution in [0.5, 0.6) is 11.5 Å². The molecule has 5 nitrogen and oxygen atoms in total. The average molecular weight is 480 g/mol. The molecule has 0 heterocycles. The van der Waals surface area contributed by atoms with Gasteiger partial charge in [-0.2, -0.15) is 0 Å². The number of aryl methyl sites for hydroxylation is 4. The Morgan fingerprint density at radius 1 is 0.639 bits per heavy atom. The molecule has 0 atom stereocenters. The van der Waals surface area contributed by atoms with E-state index in [1.165, 1.54) is 6.07 Å². The molecule has 0 spiro atoms. The number of nitrogens with one attached hydrogen (secondary N) is 1. The highest BCUT2D eigenvalue weighted by molar-refractivity contribution is 6.05. The first-order chi connectivity index (χ1) is 17.1. The van der Waals surface area contributed by atoms with E-state index >= 15 is 0 Å². The number of benzene rings is 4. The molecule has 0 aromatic heterocycles. The predicted octanol–water partition coefficient (Wildman–Crippen LogP) is 6.68. The van der Waals surface area contributed by atoms with Crippen LogP contribution in [-0.2, 0) is 6.42 Å². The summed E-state index contributed by atoms with van der Waals surface area (Å²) in [5.41, 5.74) is 7.58. The smallest absolute Gasteiger partial charge is 0.255 e. The molecule has 5 heteroatoms. The Morgan fingerprint density at radius 2 is 1.19 bits per heavy atom. The van der Waals surface area contributed by atoms with E-state index in [4.69, 9.17) is 0 Å². The van der Waals surface area contributed by atoms with Gasteiger partial charge in [0.2, 0.25) is 0 Å². The van der Waals surface area contributed by atoms with Gasteiger partial charge in [0, 0.05) is 23.1 Å². The van der Waals surface area contributed by atoms with E-state index < -0.39 is 0 Å². The van der Waals surface area contributed by atoms with Gasteiger partial charge >= 0.3 is 0 Å². The van der Waals surface area contributed by atoms with Crippen molar-refractivity contribution in [1.29, 1.82) is 0 Å². The summed E-state index contributed by atoms with van der Waals surface area (Å²) in [6.45, 7) is 7.89. The van der Waals surface area contributed by atoms with Crippen LogP contribution in [0.15, 0.2) is 72.8 Å². The fraction of sp³-hybridized carbons (Fsp3) is 0.161. The summed E-state index contributed by atoms with van der Waals surface area (Å²) in [7, 11) is 0.